The normalized spacial score (nSPS) is 11.8. The third-order valence-corrected chi connectivity index (χ3v) is 3.71. The van der Waals surface area contributed by atoms with Gasteiger partial charge in [-0.2, -0.15) is 0 Å². The molecule has 124 valence electrons. The zero-order chi connectivity index (χ0) is 17.1. The highest BCUT2D eigenvalue weighted by Crippen LogP contribution is 2.35. The Morgan fingerprint density at radius 2 is 1.68 bits per heavy atom. The molecule has 0 saturated carbocycles. The molecule has 0 aromatic heterocycles. The van der Waals surface area contributed by atoms with Crippen molar-refractivity contribution < 1.29 is 19.0 Å². The minimum atomic E-state index is -0.265. The zero-order valence-electron chi connectivity index (χ0n) is 13.3. The van der Waals surface area contributed by atoms with Crippen molar-refractivity contribution in [2.45, 2.75) is 0 Å². The van der Waals surface area contributed by atoms with Gasteiger partial charge < -0.3 is 19.5 Å². The predicted octanol–water partition coefficient (Wildman–Crippen LogP) is 4.46. The summed E-state index contributed by atoms with van der Waals surface area (Å²) >= 11 is 0. The Hall–Kier alpha value is -3.47. The van der Waals surface area contributed by atoms with E-state index in [1.54, 1.807) is 30.3 Å². The van der Waals surface area contributed by atoms with Crippen molar-refractivity contribution in [3.63, 3.8) is 0 Å². The maximum Gasteiger partial charge on any atom is 0.259 e. The van der Waals surface area contributed by atoms with Crippen molar-refractivity contribution in [2.24, 2.45) is 0 Å². The molecule has 0 saturated heterocycles. The van der Waals surface area contributed by atoms with Gasteiger partial charge in [0, 0.05) is 11.8 Å². The van der Waals surface area contributed by atoms with Crippen LogP contribution in [0.4, 0.5) is 5.69 Å². The summed E-state index contributed by atoms with van der Waals surface area (Å²) in [6.07, 6.45) is 0. The Morgan fingerprint density at radius 3 is 2.56 bits per heavy atom. The van der Waals surface area contributed by atoms with E-state index in [0.717, 1.165) is 5.75 Å². The van der Waals surface area contributed by atoms with Crippen LogP contribution in [0.25, 0.3) is 0 Å². The van der Waals surface area contributed by atoms with Gasteiger partial charge in [0.1, 0.15) is 11.5 Å². The van der Waals surface area contributed by atoms with Gasteiger partial charge in [-0.15, -0.1) is 0 Å². The lowest BCUT2D eigenvalue weighted by Gasteiger charge is -2.10. The standard InChI is InChI=1S/C20H15NO4/c22-20(17-10-5-11-18-19(17)24-13-23-18)21-14-6-4-9-16(12-14)25-15-7-2-1-3-8-15/h1-12H,13H2,(H,21,22). The second kappa shape index (κ2) is 6.57. The number of rotatable bonds is 4. The van der Waals surface area contributed by atoms with Gasteiger partial charge in [0.2, 0.25) is 6.79 Å². The molecule has 4 rings (SSSR count). The van der Waals surface area contributed by atoms with Crippen molar-refractivity contribution in [3.8, 4) is 23.0 Å². The lowest BCUT2D eigenvalue weighted by atomic mass is 10.1. The number of para-hydroxylation sites is 2. The van der Waals surface area contributed by atoms with Crippen LogP contribution in [0, 0.1) is 0 Å². The number of carbonyl (C=O) groups is 1. The van der Waals surface area contributed by atoms with Crippen molar-refractivity contribution in [1.29, 1.82) is 0 Å². The van der Waals surface area contributed by atoms with Crippen molar-refractivity contribution in [3.05, 3.63) is 78.4 Å². The lowest BCUT2D eigenvalue weighted by molar-refractivity contribution is 0.102. The average Bonchev–Trinajstić information content (AvgIpc) is 3.11. The Bertz CT molecular complexity index is 909. The van der Waals surface area contributed by atoms with Gasteiger partial charge >= 0.3 is 0 Å². The number of amides is 1. The molecule has 0 radical (unpaired) electrons. The fourth-order valence-electron chi connectivity index (χ4n) is 2.57. The lowest BCUT2D eigenvalue weighted by Crippen LogP contribution is -2.12. The van der Waals surface area contributed by atoms with Gasteiger partial charge in [0.15, 0.2) is 11.5 Å². The van der Waals surface area contributed by atoms with Gasteiger partial charge in [-0.1, -0.05) is 30.3 Å². The number of hydrogen-bond donors (Lipinski definition) is 1. The number of carbonyl (C=O) groups excluding carboxylic acids is 1. The Morgan fingerprint density at radius 1 is 0.880 bits per heavy atom. The van der Waals surface area contributed by atoms with Gasteiger partial charge in [-0.3, -0.25) is 4.79 Å². The highest BCUT2D eigenvalue weighted by Gasteiger charge is 2.21. The minimum absolute atomic E-state index is 0.125. The van der Waals surface area contributed by atoms with E-state index >= 15 is 0 Å². The molecule has 0 aliphatic carbocycles. The minimum Gasteiger partial charge on any atom is -0.457 e. The van der Waals surface area contributed by atoms with Crippen LogP contribution in [0.15, 0.2) is 72.8 Å². The Balaban J connectivity index is 1.52. The monoisotopic (exact) mass is 333 g/mol. The first kappa shape index (κ1) is 15.1. The number of fused-ring (bicyclic) bond motifs is 1. The molecule has 1 amide bonds. The van der Waals surface area contributed by atoms with E-state index in [2.05, 4.69) is 5.32 Å². The molecule has 0 fully saturated rings. The molecule has 1 heterocycles. The average molecular weight is 333 g/mol. The largest absolute Gasteiger partial charge is 0.457 e. The first-order valence-corrected chi connectivity index (χ1v) is 7.82. The Kier molecular flexibility index (Phi) is 3.96. The topological polar surface area (TPSA) is 56.8 Å². The van der Waals surface area contributed by atoms with Crippen molar-refractivity contribution >= 4 is 11.6 Å². The predicted molar refractivity (Wildman–Crippen MR) is 93.5 cm³/mol. The highest BCUT2D eigenvalue weighted by molar-refractivity contribution is 6.06. The van der Waals surface area contributed by atoms with Crippen LogP contribution in [0.1, 0.15) is 10.4 Å². The molecule has 0 unspecified atom stereocenters. The molecule has 25 heavy (non-hydrogen) atoms. The molecule has 1 N–H and O–H groups in total. The molecule has 5 heteroatoms. The summed E-state index contributed by atoms with van der Waals surface area (Å²) in [6.45, 7) is 0.125. The molecular formula is C20H15NO4. The maximum atomic E-state index is 12.6. The first-order valence-electron chi connectivity index (χ1n) is 7.82. The fraction of sp³-hybridized carbons (Fsp3) is 0.0500. The van der Waals surface area contributed by atoms with E-state index in [9.17, 15) is 4.79 Å². The van der Waals surface area contributed by atoms with E-state index in [1.807, 2.05) is 42.5 Å². The number of anilines is 1. The van der Waals surface area contributed by atoms with E-state index in [1.165, 1.54) is 0 Å². The number of nitrogens with one attached hydrogen (secondary N) is 1. The molecule has 0 atom stereocenters. The van der Waals surface area contributed by atoms with E-state index in [0.29, 0.717) is 28.5 Å². The third-order valence-electron chi connectivity index (χ3n) is 3.71. The molecule has 5 nitrogen and oxygen atoms in total. The van der Waals surface area contributed by atoms with Crippen LogP contribution in [0.3, 0.4) is 0 Å². The van der Waals surface area contributed by atoms with Crippen molar-refractivity contribution in [1.82, 2.24) is 0 Å². The summed E-state index contributed by atoms with van der Waals surface area (Å²) in [6, 6.07) is 21.9. The van der Waals surface area contributed by atoms with Crippen LogP contribution in [-0.2, 0) is 0 Å². The third kappa shape index (κ3) is 3.26. The molecular weight excluding hydrogens is 318 g/mol. The van der Waals surface area contributed by atoms with E-state index in [4.69, 9.17) is 14.2 Å². The number of hydrogen-bond acceptors (Lipinski definition) is 4. The van der Waals surface area contributed by atoms with Gasteiger partial charge in [0.05, 0.1) is 5.56 Å². The highest BCUT2D eigenvalue weighted by atomic mass is 16.7. The fourth-order valence-corrected chi connectivity index (χ4v) is 2.57. The summed E-state index contributed by atoms with van der Waals surface area (Å²) in [7, 11) is 0. The number of ether oxygens (including phenoxy) is 3. The molecule has 3 aromatic rings. The quantitative estimate of drug-likeness (QED) is 0.766. The SMILES string of the molecule is O=C(Nc1cccc(Oc2ccccc2)c1)c1cccc2c1OCO2. The second-order valence-corrected chi connectivity index (χ2v) is 5.44. The molecule has 0 spiro atoms. The molecule has 3 aromatic carbocycles. The maximum absolute atomic E-state index is 12.6. The van der Waals surface area contributed by atoms with Crippen LogP contribution < -0.4 is 19.5 Å². The molecule has 0 bridgehead atoms. The van der Waals surface area contributed by atoms with Gasteiger partial charge in [-0.05, 0) is 36.4 Å². The van der Waals surface area contributed by atoms with E-state index < -0.39 is 0 Å². The zero-order valence-corrected chi connectivity index (χ0v) is 13.3. The van der Waals surface area contributed by atoms with E-state index in [-0.39, 0.29) is 12.7 Å². The second-order valence-electron chi connectivity index (χ2n) is 5.44. The molecule has 1 aliphatic heterocycles. The van der Waals surface area contributed by atoms with Gasteiger partial charge in [-0.25, -0.2) is 0 Å². The smallest absolute Gasteiger partial charge is 0.259 e. The summed E-state index contributed by atoms with van der Waals surface area (Å²) in [5, 5.41) is 2.86. The summed E-state index contributed by atoms with van der Waals surface area (Å²) in [4.78, 5) is 12.6. The number of benzene rings is 3. The van der Waals surface area contributed by atoms with Crippen LogP contribution >= 0.6 is 0 Å². The summed E-state index contributed by atoms with van der Waals surface area (Å²) in [5.41, 5.74) is 1.07. The summed E-state index contributed by atoms with van der Waals surface area (Å²) in [5.74, 6) is 2.16. The van der Waals surface area contributed by atoms with Gasteiger partial charge in [0.25, 0.3) is 5.91 Å². The Labute approximate surface area is 144 Å². The van der Waals surface area contributed by atoms with Crippen LogP contribution in [0.5, 0.6) is 23.0 Å². The van der Waals surface area contributed by atoms with Crippen molar-refractivity contribution in [2.75, 3.05) is 12.1 Å². The molecule has 1 aliphatic rings. The van der Waals surface area contributed by atoms with Crippen LogP contribution in [-0.4, -0.2) is 12.7 Å². The first-order chi connectivity index (χ1) is 12.3. The van der Waals surface area contributed by atoms with Crippen LogP contribution in [0.2, 0.25) is 0 Å². The summed E-state index contributed by atoms with van der Waals surface area (Å²) < 4.78 is 16.5.